The number of rotatable bonds is 3. The van der Waals surface area contributed by atoms with E-state index in [2.05, 4.69) is 15.5 Å². The van der Waals surface area contributed by atoms with E-state index in [4.69, 9.17) is 5.11 Å². The van der Waals surface area contributed by atoms with E-state index in [0.717, 1.165) is 12.8 Å². The number of hydrogen-bond donors (Lipinski definition) is 3. The predicted octanol–water partition coefficient (Wildman–Crippen LogP) is 0.574. The van der Waals surface area contributed by atoms with Gasteiger partial charge in [-0.25, -0.2) is 0 Å². The molecule has 1 heterocycles. The van der Waals surface area contributed by atoms with Crippen molar-refractivity contribution in [1.82, 2.24) is 15.5 Å². The Bertz CT molecular complexity index is 342. The Morgan fingerprint density at radius 3 is 2.93 bits per heavy atom. The fourth-order valence-corrected chi connectivity index (χ4v) is 1.89. The summed E-state index contributed by atoms with van der Waals surface area (Å²) in [6.07, 6.45) is 4.49. The summed E-state index contributed by atoms with van der Waals surface area (Å²) in [5, 5.41) is 18.2. The van der Waals surface area contributed by atoms with E-state index in [-0.39, 0.29) is 12.5 Å². The molecule has 82 valence electrons. The third-order valence-electron chi connectivity index (χ3n) is 2.72. The molecule has 0 spiro atoms. The van der Waals surface area contributed by atoms with Crippen molar-refractivity contribution in [3.05, 3.63) is 17.5 Å². The second-order valence-electron chi connectivity index (χ2n) is 3.89. The van der Waals surface area contributed by atoms with Gasteiger partial charge in [0.1, 0.15) is 5.69 Å². The standard InChI is InChI=1S/C10H15N3O2/c14-6-8-5-9(13-12-8)10(15)11-7-3-1-2-4-7/h5,7,14H,1-4,6H2,(H,11,15)(H,12,13). The summed E-state index contributed by atoms with van der Waals surface area (Å²) in [5.41, 5.74) is 0.914. The van der Waals surface area contributed by atoms with E-state index in [0.29, 0.717) is 17.4 Å². The lowest BCUT2D eigenvalue weighted by molar-refractivity contribution is 0.0933. The molecule has 0 unspecified atom stereocenters. The van der Waals surface area contributed by atoms with Gasteiger partial charge in [-0.1, -0.05) is 12.8 Å². The molecule has 0 saturated heterocycles. The first kappa shape index (κ1) is 10.2. The monoisotopic (exact) mass is 209 g/mol. The maximum absolute atomic E-state index is 11.7. The molecule has 1 aromatic heterocycles. The Hall–Kier alpha value is -1.36. The largest absolute Gasteiger partial charge is 0.390 e. The molecule has 1 fully saturated rings. The summed E-state index contributed by atoms with van der Waals surface area (Å²) in [5.74, 6) is -0.155. The van der Waals surface area contributed by atoms with Gasteiger partial charge in [0.25, 0.3) is 5.91 Å². The van der Waals surface area contributed by atoms with Crippen molar-refractivity contribution in [3.63, 3.8) is 0 Å². The molecule has 0 atom stereocenters. The zero-order valence-corrected chi connectivity index (χ0v) is 8.49. The smallest absolute Gasteiger partial charge is 0.271 e. The number of nitrogens with one attached hydrogen (secondary N) is 2. The number of aliphatic hydroxyl groups is 1. The fourth-order valence-electron chi connectivity index (χ4n) is 1.89. The van der Waals surface area contributed by atoms with Crippen LogP contribution in [0.4, 0.5) is 0 Å². The highest BCUT2D eigenvalue weighted by Gasteiger charge is 2.19. The zero-order chi connectivity index (χ0) is 10.7. The second kappa shape index (κ2) is 4.44. The number of hydrogen-bond acceptors (Lipinski definition) is 3. The number of aromatic nitrogens is 2. The molecule has 5 nitrogen and oxygen atoms in total. The van der Waals surface area contributed by atoms with E-state index in [1.165, 1.54) is 12.8 Å². The van der Waals surface area contributed by atoms with E-state index in [1.54, 1.807) is 6.07 Å². The third-order valence-corrected chi connectivity index (χ3v) is 2.72. The highest BCUT2D eigenvalue weighted by molar-refractivity contribution is 5.92. The van der Waals surface area contributed by atoms with E-state index in [1.807, 2.05) is 0 Å². The van der Waals surface area contributed by atoms with Crippen molar-refractivity contribution in [1.29, 1.82) is 0 Å². The molecule has 0 aromatic carbocycles. The van der Waals surface area contributed by atoms with Gasteiger partial charge in [-0.05, 0) is 18.9 Å². The van der Waals surface area contributed by atoms with E-state index < -0.39 is 0 Å². The van der Waals surface area contributed by atoms with Crippen LogP contribution in [0.1, 0.15) is 41.9 Å². The first-order valence-corrected chi connectivity index (χ1v) is 5.25. The molecular formula is C10H15N3O2. The molecule has 0 bridgehead atoms. The van der Waals surface area contributed by atoms with Gasteiger partial charge in [0.15, 0.2) is 0 Å². The topological polar surface area (TPSA) is 78.0 Å². The van der Waals surface area contributed by atoms with E-state index >= 15 is 0 Å². The minimum Gasteiger partial charge on any atom is -0.390 e. The quantitative estimate of drug-likeness (QED) is 0.681. The van der Waals surface area contributed by atoms with Crippen molar-refractivity contribution < 1.29 is 9.90 Å². The molecule has 3 N–H and O–H groups in total. The third kappa shape index (κ3) is 2.36. The minimum absolute atomic E-state index is 0.121. The van der Waals surface area contributed by atoms with Gasteiger partial charge < -0.3 is 10.4 Å². The number of H-pyrrole nitrogens is 1. The summed E-state index contributed by atoms with van der Waals surface area (Å²) in [7, 11) is 0. The van der Waals surface area contributed by atoms with Gasteiger partial charge in [0, 0.05) is 6.04 Å². The lowest BCUT2D eigenvalue weighted by Crippen LogP contribution is -2.32. The van der Waals surface area contributed by atoms with Crippen LogP contribution in [0.3, 0.4) is 0 Å². The fraction of sp³-hybridized carbons (Fsp3) is 0.600. The Kier molecular flexibility index (Phi) is 3.01. The van der Waals surface area contributed by atoms with Gasteiger partial charge in [-0.3, -0.25) is 9.89 Å². The van der Waals surface area contributed by atoms with Crippen LogP contribution in [0.15, 0.2) is 6.07 Å². The first-order valence-electron chi connectivity index (χ1n) is 5.25. The van der Waals surface area contributed by atoms with Crippen molar-refractivity contribution in [3.8, 4) is 0 Å². The molecule has 1 saturated carbocycles. The molecule has 2 rings (SSSR count). The Morgan fingerprint density at radius 1 is 1.60 bits per heavy atom. The maximum atomic E-state index is 11.7. The van der Waals surface area contributed by atoms with Gasteiger partial charge in [-0.2, -0.15) is 5.10 Å². The molecular weight excluding hydrogens is 194 g/mol. The molecule has 15 heavy (non-hydrogen) atoms. The lowest BCUT2D eigenvalue weighted by Gasteiger charge is -2.09. The normalized spacial score (nSPS) is 16.9. The number of nitrogens with zero attached hydrogens (tertiary/aromatic N) is 1. The first-order chi connectivity index (χ1) is 7.29. The van der Waals surface area contributed by atoms with Gasteiger partial charge >= 0.3 is 0 Å². The maximum Gasteiger partial charge on any atom is 0.271 e. The van der Waals surface area contributed by atoms with Gasteiger partial charge in [-0.15, -0.1) is 0 Å². The summed E-state index contributed by atoms with van der Waals surface area (Å²) >= 11 is 0. The van der Waals surface area contributed by atoms with Crippen LogP contribution in [0.2, 0.25) is 0 Å². The van der Waals surface area contributed by atoms with Crippen molar-refractivity contribution >= 4 is 5.91 Å². The van der Waals surface area contributed by atoms with Crippen LogP contribution < -0.4 is 5.32 Å². The number of carbonyl (C=O) groups is 1. The van der Waals surface area contributed by atoms with E-state index in [9.17, 15) is 4.79 Å². The summed E-state index contributed by atoms with van der Waals surface area (Å²) in [4.78, 5) is 11.7. The van der Waals surface area contributed by atoms with Crippen LogP contribution in [0.25, 0.3) is 0 Å². The molecule has 5 heteroatoms. The van der Waals surface area contributed by atoms with Crippen LogP contribution in [-0.4, -0.2) is 27.3 Å². The Morgan fingerprint density at radius 2 is 2.33 bits per heavy atom. The Balaban J connectivity index is 1.94. The molecule has 1 amide bonds. The van der Waals surface area contributed by atoms with Crippen LogP contribution >= 0.6 is 0 Å². The molecule has 1 aromatic rings. The zero-order valence-electron chi connectivity index (χ0n) is 8.49. The summed E-state index contributed by atoms with van der Waals surface area (Å²) in [6, 6.07) is 1.87. The SMILES string of the molecule is O=C(NC1CCCC1)c1cc(CO)[nH]n1. The highest BCUT2D eigenvalue weighted by atomic mass is 16.3. The predicted molar refractivity (Wildman–Crippen MR) is 54.2 cm³/mol. The molecule has 1 aliphatic carbocycles. The number of aromatic amines is 1. The average Bonchev–Trinajstić information content (AvgIpc) is 2.86. The van der Waals surface area contributed by atoms with Crippen molar-refractivity contribution in [2.75, 3.05) is 0 Å². The Labute approximate surface area is 87.9 Å². The molecule has 0 radical (unpaired) electrons. The number of aliphatic hydroxyl groups excluding tert-OH is 1. The van der Waals surface area contributed by atoms with Crippen LogP contribution in [-0.2, 0) is 6.61 Å². The minimum atomic E-state index is -0.155. The highest BCUT2D eigenvalue weighted by Crippen LogP contribution is 2.17. The second-order valence-corrected chi connectivity index (χ2v) is 3.89. The molecule has 0 aliphatic heterocycles. The molecule has 1 aliphatic rings. The number of carbonyl (C=O) groups excluding carboxylic acids is 1. The van der Waals surface area contributed by atoms with Crippen LogP contribution in [0, 0.1) is 0 Å². The van der Waals surface area contributed by atoms with Crippen LogP contribution in [0.5, 0.6) is 0 Å². The average molecular weight is 209 g/mol. The summed E-state index contributed by atoms with van der Waals surface area (Å²) in [6.45, 7) is -0.121. The number of amides is 1. The lowest BCUT2D eigenvalue weighted by atomic mass is 10.2. The van der Waals surface area contributed by atoms with Crippen molar-refractivity contribution in [2.24, 2.45) is 0 Å². The van der Waals surface area contributed by atoms with Crippen molar-refractivity contribution in [2.45, 2.75) is 38.3 Å². The summed E-state index contributed by atoms with van der Waals surface area (Å²) < 4.78 is 0. The van der Waals surface area contributed by atoms with Gasteiger partial charge in [0.05, 0.1) is 12.3 Å². The van der Waals surface area contributed by atoms with Gasteiger partial charge in [0.2, 0.25) is 0 Å².